The van der Waals surface area contributed by atoms with Gasteiger partial charge in [-0.05, 0) is 18.5 Å². The van der Waals surface area contributed by atoms with Crippen LogP contribution in [0.4, 0.5) is 0 Å². The molecule has 0 fully saturated rings. The third-order valence-corrected chi connectivity index (χ3v) is 2.83. The average molecular weight is 210 g/mol. The molecule has 1 rings (SSSR count). The van der Waals surface area contributed by atoms with Crippen molar-refractivity contribution < 1.29 is 0 Å². The third-order valence-electron chi connectivity index (χ3n) is 1.96. The summed E-state index contributed by atoms with van der Waals surface area (Å²) in [4.78, 5) is 3.75. The Labute approximate surface area is 90.2 Å². The van der Waals surface area contributed by atoms with Crippen molar-refractivity contribution in [2.45, 2.75) is 6.54 Å². The first-order valence-electron chi connectivity index (χ1n) is 4.85. The predicted octanol–water partition coefficient (Wildman–Crippen LogP) is 1.96. The zero-order valence-corrected chi connectivity index (χ0v) is 9.52. The molecule has 1 heterocycles. The van der Waals surface area contributed by atoms with Crippen LogP contribution in [0.1, 0.15) is 4.88 Å². The van der Waals surface area contributed by atoms with Gasteiger partial charge in [0.2, 0.25) is 0 Å². The highest BCUT2D eigenvalue weighted by molar-refractivity contribution is 7.09. The van der Waals surface area contributed by atoms with Gasteiger partial charge in [0, 0.05) is 31.1 Å². The van der Waals surface area contributed by atoms with Gasteiger partial charge < -0.3 is 10.2 Å². The standard InChI is InChI=1S/C11H18N2S/c1-3-6-12-7-8-13(2)10-11-5-4-9-14-11/h3-5,9,12H,1,6-8,10H2,2H3. The van der Waals surface area contributed by atoms with Gasteiger partial charge in [-0.2, -0.15) is 0 Å². The Morgan fingerprint density at radius 2 is 2.50 bits per heavy atom. The van der Waals surface area contributed by atoms with E-state index in [1.54, 1.807) is 0 Å². The Bertz CT molecular complexity index is 244. The van der Waals surface area contributed by atoms with Gasteiger partial charge in [-0.15, -0.1) is 17.9 Å². The van der Waals surface area contributed by atoms with Crippen molar-refractivity contribution in [2.24, 2.45) is 0 Å². The van der Waals surface area contributed by atoms with Crippen LogP contribution in [0.3, 0.4) is 0 Å². The summed E-state index contributed by atoms with van der Waals surface area (Å²) in [7, 11) is 2.15. The molecular weight excluding hydrogens is 192 g/mol. The number of rotatable bonds is 7. The van der Waals surface area contributed by atoms with Gasteiger partial charge in [-0.25, -0.2) is 0 Å². The molecule has 0 atom stereocenters. The van der Waals surface area contributed by atoms with Crippen molar-refractivity contribution >= 4 is 11.3 Å². The molecule has 0 aliphatic carbocycles. The molecule has 0 unspecified atom stereocenters. The van der Waals surface area contributed by atoms with Crippen molar-refractivity contribution in [3.05, 3.63) is 35.0 Å². The lowest BCUT2D eigenvalue weighted by Gasteiger charge is -2.15. The minimum absolute atomic E-state index is 0.896. The van der Waals surface area contributed by atoms with E-state index < -0.39 is 0 Å². The second-order valence-corrected chi connectivity index (χ2v) is 4.34. The van der Waals surface area contributed by atoms with E-state index in [1.165, 1.54) is 4.88 Å². The Morgan fingerprint density at radius 3 is 3.14 bits per heavy atom. The van der Waals surface area contributed by atoms with Gasteiger partial charge in [-0.1, -0.05) is 12.1 Å². The summed E-state index contributed by atoms with van der Waals surface area (Å²) in [5.41, 5.74) is 0. The quantitative estimate of drug-likeness (QED) is 0.546. The molecule has 0 aliphatic heterocycles. The number of thiophene rings is 1. The minimum Gasteiger partial charge on any atom is -0.312 e. The van der Waals surface area contributed by atoms with E-state index in [0.29, 0.717) is 0 Å². The van der Waals surface area contributed by atoms with Crippen LogP contribution in [0, 0.1) is 0 Å². The fourth-order valence-electron chi connectivity index (χ4n) is 1.22. The summed E-state index contributed by atoms with van der Waals surface area (Å²) in [5.74, 6) is 0. The van der Waals surface area contributed by atoms with E-state index in [4.69, 9.17) is 0 Å². The van der Waals surface area contributed by atoms with Crippen molar-refractivity contribution in [3.63, 3.8) is 0 Å². The molecule has 2 nitrogen and oxygen atoms in total. The maximum atomic E-state index is 3.66. The molecule has 14 heavy (non-hydrogen) atoms. The van der Waals surface area contributed by atoms with Crippen LogP contribution in [-0.4, -0.2) is 31.6 Å². The fraction of sp³-hybridized carbons (Fsp3) is 0.455. The van der Waals surface area contributed by atoms with E-state index in [0.717, 1.165) is 26.2 Å². The molecule has 0 saturated heterocycles. The van der Waals surface area contributed by atoms with Gasteiger partial charge >= 0.3 is 0 Å². The van der Waals surface area contributed by atoms with Gasteiger partial charge in [0.25, 0.3) is 0 Å². The lowest BCUT2D eigenvalue weighted by molar-refractivity contribution is 0.329. The van der Waals surface area contributed by atoms with Crippen molar-refractivity contribution in [1.29, 1.82) is 0 Å². The molecule has 0 saturated carbocycles. The number of nitrogens with one attached hydrogen (secondary N) is 1. The molecular formula is C11H18N2S. The molecule has 0 aromatic carbocycles. The van der Waals surface area contributed by atoms with Gasteiger partial charge in [-0.3, -0.25) is 0 Å². The molecule has 0 bridgehead atoms. The van der Waals surface area contributed by atoms with Crippen molar-refractivity contribution in [2.75, 3.05) is 26.7 Å². The van der Waals surface area contributed by atoms with E-state index >= 15 is 0 Å². The first-order chi connectivity index (χ1) is 6.83. The molecule has 0 spiro atoms. The highest BCUT2D eigenvalue weighted by Gasteiger charge is 1.99. The number of likely N-dealkylation sites (N-methyl/N-ethyl adjacent to an activating group) is 1. The van der Waals surface area contributed by atoms with Crippen molar-refractivity contribution in [3.8, 4) is 0 Å². The van der Waals surface area contributed by atoms with Crippen molar-refractivity contribution in [1.82, 2.24) is 10.2 Å². The lowest BCUT2D eigenvalue weighted by atomic mass is 10.4. The Kier molecular flexibility index (Phi) is 5.52. The zero-order valence-electron chi connectivity index (χ0n) is 8.70. The Balaban J connectivity index is 2.10. The monoisotopic (exact) mass is 210 g/mol. The summed E-state index contributed by atoms with van der Waals surface area (Å²) in [6, 6.07) is 4.28. The van der Waals surface area contributed by atoms with Crippen LogP contribution in [0.2, 0.25) is 0 Å². The summed E-state index contributed by atoms with van der Waals surface area (Å²) in [5, 5.41) is 5.41. The topological polar surface area (TPSA) is 15.3 Å². The summed E-state index contributed by atoms with van der Waals surface area (Å²) in [6.07, 6.45) is 1.89. The molecule has 78 valence electrons. The molecule has 1 N–H and O–H groups in total. The normalized spacial score (nSPS) is 10.7. The summed E-state index contributed by atoms with van der Waals surface area (Å²) >= 11 is 1.82. The molecule has 0 aliphatic rings. The molecule has 1 aromatic heterocycles. The maximum Gasteiger partial charge on any atom is 0.0325 e. The SMILES string of the molecule is C=CCNCCN(C)Cc1cccs1. The number of hydrogen-bond acceptors (Lipinski definition) is 3. The second kappa shape index (κ2) is 6.76. The van der Waals surface area contributed by atoms with Gasteiger partial charge in [0.15, 0.2) is 0 Å². The second-order valence-electron chi connectivity index (χ2n) is 3.31. The van der Waals surface area contributed by atoms with Crippen LogP contribution in [0.15, 0.2) is 30.2 Å². The Morgan fingerprint density at radius 1 is 1.64 bits per heavy atom. The molecule has 1 aromatic rings. The van der Waals surface area contributed by atoms with Gasteiger partial charge in [0.05, 0.1) is 0 Å². The van der Waals surface area contributed by atoms with E-state index in [-0.39, 0.29) is 0 Å². The largest absolute Gasteiger partial charge is 0.312 e. The van der Waals surface area contributed by atoms with E-state index in [1.807, 2.05) is 17.4 Å². The molecule has 3 heteroatoms. The van der Waals surface area contributed by atoms with Crippen LogP contribution >= 0.6 is 11.3 Å². The first-order valence-corrected chi connectivity index (χ1v) is 5.73. The maximum absolute atomic E-state index is 3.66. The highest BCUT2D eigenvalue weighted by Crippen LogP contribution is 2.10. The fourth-order valence-corrected chi connectivity index (χ4v) is 2.01. The van der Waals surface area contributed by atoms with Gasteiger partial charge in [0.1, 0.15) is 0 Å². The summed E-state index contributed by atoms with van der Waals surface area (Å²) in [6.45, 7) is 7.71. The van der Waals surface area contributed by atoms with Crippen LogP contribution in [0.25, 0.3) is 0 Å². The number of hydrogen-bond donors (Lipinski definition) is 1. The van der Waals surface area contributed by atoms with E-state index in [2.05, 4.69) is 41.4 Å². The minimum atomic E-state index is 0.896. The van der Waals surface area contributed by atoms with E-state index in [9.17, 15) is 0 Å². The lowest BCUT2D eigenvalue weighted by Crippen LogP contribution is -2.28. The van der Waals surface area contributed by atoms with Crippen LogP contribution < -0.4 is 5.32 Å². The molecule has 0 radical (unpaired) electrons. The average Bonchev–Trinajstić information content (AvgIpc) is 2.65. The Hall–Kier alpha value is -0.640. The highest BCUT2D eigenvalue weighted by atomic mass is 32.1. The smallest absolute Gasteiger partial charge is 0.0325 e. The first kappa shape index (κ1) is 11.4. The molecule has 0 amide bonds. The predicted molar refractivity (Wildman–Crippen MR) is 63.7 cm³/mol. The zero-order chi connectivity index (χ0) is 10.2. The van der Waals surface area contributed by atoms with Crippen LogP contribution in [-0.2, 0) is 6.54 Å². The third kappa shape index (κ3) is 4.56. The number of nitrogens with zero attached hydrogens (tertiary/aromatic N) is 1. The summed E-state index contributed by atoms with van der Waals surface area (Å²) < 4.78 is 0. The van der Waals surface area contributed by atoms with Crippen LogP contribution in [0.5, 0.6) is 0 Å².